The maximum atomic E-state index is 10.9. The molecule has 2 aliphatic rings. The lowest BCUT2D eigenvalue weighted by Crippen LogP contribution is -2.03. The summed E-state index contributed by atoms with van der Waals surface area (Å²) in [5, 5.41) is 17.9. The minimum absolute atomic E-state index is 0.0465. The van der Waals surface area contributed by atoms with Crippen molar-refractivity contribution >= 4 is 5.97 Å². The molecule has 2 rings (SSSR count). The van der Waals surface area contributed by atoms with E-state index in [1.807, 2.05) is 19.9 Å². The molecule has 0 radical (unpaired) electrons. The summed E-state index contributed by atoms with van der Waals surface area (Å²) >= 11 is 0. The molecule has 0 saturated heterocycles. The predicted octanol–water partition coefficient (Wildman–Crippen LogP) is 2.20. The largest absolute Gasteiger partial charge is 0.481 e. The van der Waals surface area contributed by atoms with Crippen LogP contribution in [0.4, 0.5) is 0 Å². The van der Waals surface area contributed by atoms with Crippen LogP contribution in [0, 0.1) is 34.5 Å². The second-order valence-electron chi connectivity index (χ2n) is 5.17. The molecule has 0 aromatic carbocycles. The maximum absolute atomic E-state index is 10.9. The molecule has 2 saturated carbocycles. The van der Waals surface area contributed by atoms with E-state index in [2.05, 4.69) is 6.07 Å². The lowest BCUT2D eigenvalue weighted by atomic mass is 10.1. The summed E-state index contributed by atoms with van der Waals surface area (Å²) in [4.78, 5) is 10.9. The van der Waals surface area contributed by atoms with Crippen LogP contribution in [0.1, 0.15) is 26.7 Å². The molecule has 2 unspecified atom stereocenters. The molecule has 2 fully saturated rings. The van der Waals surface area contributed by atoms with Crippen LogP contribution in [-0.2, 0) is 4.79 Å². The Bertz CT molecular complexity index is 372. The van der Waals surface area contributed by atoms with Gasteiger partial charge in [0, 0.05) is 5.57 Å². The molecular weight excluding hydrogens is 190 g/mol. The molecule has 80 valence electrons. The molecule has 0 aromatic rings. The molecule has 2 atom stereocenters. The topological polar surface area (TPSA) is 61.1 Å². The highest BCUT2D eigenvalue weighted by atomic mass is 16.4. The van der Waals surface area contributed by atoms with Crippen LogP contribution >= 0.6 is 0 Å². The van der Waals surface area contributed by atoms with Gasteiger partial charge < -0.3 is 5.11 Å². The molecule has 0 amide bonds. The van der Waals surface area contributed by atoms with Gasteiger partial charge in [-0.15, -0.1) is 0 Å². The van der Waals surface area contributed by atoms with E-state index in [-0.39, 0.29) is 17.3 Å². The Balaban J connectivity index is 2.14. The van der Waals surface area contributed by atoms with Crippen molar-refractivity contribution < 1.29 is 9.90 Å². The quantitative estimate of drug-likeness (QED) is 0.718. The van der Waals surface area contributed by atoms with Crippen LogP contribution in [0.15, 0.2) is 11.6 Å². The Morgan fingerprint density at radius 3 is 2.47 bits per heavy atom. The molecule has 2 aliphatic carbocycles. The van der Waals surface area contributed by atoms with Crippen LogP contribution in [-0.4, -0.2) is 11.1 Å². The Morgan fingerprint density at radius 2 is 2.13 bits per heavy atom. The normalized spacial score (nSPS) is 33.3. The van der Waals surface area contributed by atoms with Crippen molar-refractivity contribution in [2.24, 2.45) is 23.2 Å². The molecule has 3 heteroatoms. The lowest BCUT2D eigenvalue weighted by Gasteiger charge is -1.97. The predicted molar refractivity (Wildman–Crippen MR) is 54.8 cm³/mol. The number of nitrogens with zero attached hydrogens (tertiary/aromatic N) is 1. The Kier molecular flexibility index (Phi) is 2.11. The van der Waals surface area contributed by atoms with E-state index in [4.69, 9.17) is 10.4 Å². The standard InChI is InChI=1S/C12H15NO2/c1-12(2)9(10(12)11(14)15)5-8(6-13)7-3-4-7/h5,7,9-10H,3-4H2,1-2H3,(H,14,15). The summed E-state index contributed by atoms with van der Waals surface area (Å²) in [6.07, 6.45) is 4.07. The fraction of sp³-hybridized carbons (Fsp3) is 0.667. The summed E-state index contributed by atoms with van der Waals surface area (Å²) < 4.78 is 0. The number of carboxylic acid groups (broad SMARTS) is 1. The van der Waals surface area contributed by atoms with Gasteiger partial charge in [-0.2, -0.15) is 5.26 Å². The number of aliphatic carboxylic acids is 1. The van der Waals surface area contributed by atoms with Crippen LogP contribution in [0.3, 0.4) is 0 Å². The maximum Gasteiger partial charge on any atom is 0.307 e. The Labute approximate surface area is 89.4 Å². The molecule has 1 N–H and O–H groups in total. The van der Waals surface area contributed by atoms with E-state index >= 15 is 0 Å². The van der Waals surface area contributed by atoms with E-state index < -0.39 is 5.97 Å². The minimum Gasteiger partial charge on any atom is -0.481 e. The number of carboxylic acids is 1. The van der Waals surface area contributed by atoms with Gasteiger partial charge in [0.1, 0.15) is 0 Å². The van der Waals surface area contributed by atoms with Gasteiger partial charge in [0.05, 0.1) is 12.0 Å². The third-order valence-electron chi connectivity index (χ3n) is 3.68. The van der Waals surface area contributed by atoms with Crippen molar-refractivity contribution in [2.45, 2.75) is 26.7 Å². The number of carbonyl (C=O) groups is 1. The van der Waals surface area contributed by atoms with Gasteiger partial charge in [-0.05, 0) is 30.1 Å². The van der Waals surface area contributed by atoms with E-state index in [0.717, 1.165) is 18.4 Å². The van der Waals surface area contributed by atoms with Gasteiger partial charge >= 0.3 is 5.97 Å². The monoisotopic (exact) mass is 205 g/mol. The highest BCUT2D eigenvalue weighted by molar-refractivity contribution is 5.76. The van der Waals surface area contributed by atoms with Gasteiger partial charge in [-0.3, -0.25) is 4.79 Å². The molecule has 0 aliphatic heterocycles. The first-order valence-corrected chi connectivity index (χ1v) is 5.33. The molecule has 0 spiro atoms. The average molecular weight is 205 g/mol. The summed E-state index contributed by atoms with van der Waals surface area (Å²) in [6.45, 7) is 3.91. The van der Waals surface area contributed by atoms with E-state index in [1.54, 1.807) is 0 Å². The van der Waals surface area contributed by atoms with Crippen molar-refractivity contribution in [2.75, 3.05) is 0 Å². The first-order chi connectivity index (χ1) is 6.98. The summed E-state index contributed by atoms with van der Waals surface area (Å²) in [5.41, 5.74) is 0.625. The summed E-state index contributed by atoms with van der Waals surface area (Å²) in [6, 6.07) is 2.20. The van der Waals surface area contributed by atoms with Crippen LogP contribution in [0.5, 0.6) is 0 Å². The first-order valence-electron chi connectivity index (χ1n) is 5.33. The number of hydrogen-bond donors (Lipinski definition) is 1. The van der Waals surface area contributed by atoms with Gasteiger partial charge in [0.2, 0.25) is 0 Å². The first kappa shape index (κ1) is 10.2. The molecule has 3 nitrogen and oxygen atoms in total. The van der Waals surface area contributed by atoms with Gasteiger partial charge in [-0.25, -0.2) is 0 Å². The zero-order valence-electron chi connectivity index (χ0n) is 9.03. The van der Waals surface area contributed by atoms with Crippen LogP contribution < -0.4 is 0 Å². The molecule has 0 heterocycles. The van der Waals surface area contributed by atoms with Crippen molar-refractivity contribution in [3.8, 4) is 6.07 Å². The minimum atomic E-state index is -0.741. The smallest absolute Gasteiger partial charge is 0.307 e. The Morgan fingerprint density at radius 1 is 1.53 bits per heavy atom. The van der Waals surface area contributed by atoms with Gasteiger partial charge in [0.15, 0.2) is 0 Å². The van der Waals surface area contributed by atoms with E-state index in [0.29, 0.717) is 5.92 Å². The second-order valence-corrected chi connectivity index (χ2v) is 5.17. The van der Waals surface area contributed by atoms with Crippen LogP contribution in [0.2, 0.25) is 0 Å². The van der Waals surface area contributed by atoms with Crippen molar-refractivity contribution in [1.29, 1.82) is 5.26 Å². The summed E-state index contributed by atoms with van der Waals surface area (Å²) in [5.74, 6) is -0.583. The average Bonchev–Trinajstić information content (AvgIpc) is 2.98. The van der Waals surface area contributed by atoms with Crippen molar-refractivity contribution in [3.63, 3.8) is 0 Å². The van der Waals surface area contributed by atoms with E-state index in [1.165, 1.54) is 0 Å². The van der Waals surface area contributed by atoms with Gasteiger partial charge in [-0.1, -0.05) is 19.9 Å². The number of nitriles is 1. The van der Waals surface area contributed by atoms with Crippen LogP contribution in [0.25, 0.3) is 0 Å². The third-order valence-corrected chi connectivity index (χ3v) is 3.68. The zero-order valence-corrected chi connectivity index (χ0v) is 9.03. The SMILES string of the molecule is CC1(C)C(C=C(C#N)C2CC2)C1C(=O)O. The highest BCUT2D eigenvalue weighted by Crippen LogP contribution is 2.60. The lowest BCUT2D eigenvalue weighted by molar-refractivity contribution is -0.139. The fourth-order valence-electron chi connectivity index (χ4n) is 2.31. The van der Waals surface area contributed by atoms with Crippen molar-refractivity contribution in [1.82, 2.24) is 0 Å². The molecular formula is C12H15NO2. The van der Waals surface area contributed by atoms with E-state index in [9.17, 15) is 4.79 Å². The molecule has 15 heavy (non-hydrogen) atoms. The second kappa shape index (κ2) is 3.10. The fourth-order valence-corrected chi connectivity index (χ4v) is 2.31. The molecule has 0 aromatic heterocycles. The Hall–Kier alpha value is -1.30. The van der Waals surface area contributed by atoms with Crippen molar-refractivity contribution in [3.05, 3.63) is 11.6 Å². The number of hydrogen-bond acceptors (Lipinski definition) is 2. The molecule has 0 bridgehead atoms. The highest BCUT2D eigenvalue weighted by Gasteiger charge is 2.61. The zero-order chi connectivity index (χ0) is 11.2. The third kappa shape index (κ3) is 1.65. The number of allylic oxidation sites excluding steroid dienone is 2. The van der Waals surface area contributed by atoms with Gasteiger partial charge in [0.25, 0.3) is 0 Å². The number of rotatable bonds is 3. The summed E-state index contributed by atoms with van der Waals surface area (Å²) in [7, 11) is 0.